The van der Waals surface area contributed by atoms with Gasteiger partial charge in [0.05, 0.1) is 0 Å². The van der Waals surface area contributed by atoms with Crippen LogP contribution < -0.4 is 0 Å². The van der Waals surface area contributed by atoms with E-state index in [0.29, 0.717) is 0 Å². The molecule has 0 aliphatic carbocycles. The van der Waals surface area contributed by atoms with E-state index in [1.807, 2.05) is 0 Å². The van der Waals surface area contributed by atoms with E-state index in [1.165, 1.54) is 0 Å². The van der Waals surface area contributed by atoms with E-state index in [1.54, 1.807) is 0 Å². The third-order valence-electron chi connectivity index (χ3n) is 0.147. The Morgan fingerprint density at radius 2 is 2.00 bits per heavy atom. The van der Waals surface area contributed by atoms with Gasteiger partial charge in [0.2, 0.25) is 0 Å². The molecule has 0 heterocycles. The van der Waals surface area contributed by atoms with Gasteiger partial charge in [-0.15, -0.1) is 0 Å². The molecule has 0 fully saturated rings. The van der Waals surface area contributed by atoms with Crippen LogP contribution in [-0.4, -0.2) is 13.0 Å². The van der Waals surface area contributed by atoms with Crippen molar-refractivity contribution in [1.29, 1.82) is 0 Å². The molecule has 0 aliphatic heterocycles. The fourth-order valence-electron chi connectivity index (χ4n) is 0.0509. The zero-order valence-corrected chi connectivity index (χ0v) is 5.56. The summed E-state index contributed by atoms with van der Waals surface area (Å²) in [6.45, 7) is 0. The zero-order valence-electron chi connectivity index (χ0n) is 3.34. The van der Waals surface area contributed by atoms with Gasteiger partial charge in [-0.05, 0) is 0 Å². The summed E-state index contributed by atoms with van der Waals surface area (Å²) in [5, 5.41) is 0. The molecular formula is HO6SV. The van der Waals surface area contributed by atoms with Gasteiger partial charge in [-0.25, -0.2) is 0 Å². The Balaban J connectivity index is 3.57. The summed E-state index contributed by atoms with van der Waals surface area (Å²) in [5.74, 6) is 0. The van der Waals surface area contributed by atoms with E-state index in [-0.39, 0.29) is 0 Å². The van der Waals surface area contributed by atoms with Gasteiger partial charge < -0.3 is 0 Å². The topological polar surface area (TPSA) is 89.9 Å². The van der Waals surface area contributed by atoms with Crippen LogP contribution in [0.15, 0.2) is 0 Å². The maximum atomic E-state index is 9.47. The van der Waals surface area contributed by atoms with Gasteiger partial charge in [-0.3, -0.25) is 0 Å². The average Bonchev–Trinajstić information content (AvgIpc) is 1.59. The van der Waals surface area contributed by atoms with Crippen molar-refractivity contribution in [3.63, 3.8) is 0 Å². The molecule has 0 rings (SSSR count). The van der Waals surface area contributed by atoms with Crippen molar-refractivity contribution in [3.8, 4) is 0 Å². The molecule has 0 aromatic heterocycles. The Morgan fingerprint density at radius 1 is 1.50 bits per heavy atom. The third kappa shape index (κ3) is 6.21. The summed E-state index contributed by atoms with van der Waals surface area (Å²) in [5.41, 5.74) is 0. The monoisotopic (exact) mass is 180 g/mol. The van der Waals surface area contributed by atoms with E-state index in [9.17, 15) is 12.1 Å². The first-order valence-corrected chi connectivity index (χ1v) is 3.72. The molecule has 0 saturated heterocycles. The number of rotatable bonds is 3. The van der Waals surface area contributed by atoms with Crippen molar-refractivity contribution in [2.45, 2.75) is 0 Å². The Morgan fingerprint density at radius 3 is 2.12 bits per heavy atom. The zero-order chi connectivity index (χ0) is 6.62. The van der Waals surface area contributed by atoms with Crippen molar-refractivity contribution in [2.75, 3.05) is 0 Å². The van der Waals surface area contributed by atoms with E-state index in [2.05, 4.69) is 8.15 Å². The van der Waals surface area contributed by atoms with Gasteiger partial charge in [0.15, 0.2) is 0 Å². The number of hydrogen-bond acceptors (Lipinski definition) is 5. The molecule has 0 bridgehead atoms. The van der Waals surface area contributed by atoms with Crippen molar-refractivity contribution in [3.05, 3.63) is 0 Å². The van der Waals surface area contributed by atoms with Gasteiger partial charge in [0.25, 0.3) is 0 Å². The van der Waals surface area contributed by atoms with Gasteiger partial charge in [0, 0.05) is 0 Å². The predicted octanol–water partition coefficient (Wildman–Crippen LogP) is -0.920. The molecule has 0 unspecified atom stereocenters. The van der Waals surface area contributed by atoms with Crippen LogP contribution in [0.4, 0.5) is 0 Å². The van der Waals surface area contributed by atoms with Crippen molar-refractivity contribution >= 4 is 10.4 Å². The van der Waals surface area contributed by atoms with E-state index in [0.717, 1.165) is 0 Å². The summed E-state index contributed by atoms with van der Waals surface area (Å²) in [7, 11) is -4.59. The predicted molar refractivity (Wildman–Crippen MR) is 14.4 cm³/mol. The molecule has 6 nitrogen and oxygen atoms in total. The second-order valence-corrected chi connectivity index (χ2v) is 2.10. The van der Waals surface area contributed by atoms with Crippen molar-refractivity contribution in [2.24, 2.45) is 0 Å². The van der Waals surface area contributed by atoms with Gasteiger partial charge >= 0.3 is 51.8 Å². The van der Waals surface area contributed by atoms with Crippen LogP contribution >= 0.6 is 0 Å². The first-order chi connectivity index (χ1) is 3.56. The number of hydrogen-bond donors (Lipinski definition) is 1. The molecule has 48 valence electrons. The normalized spacial score (nSPS) is 11.1. The van der Waals surface area contributed by atoms with Crippen LogP contribution in [-0.2, 0) is 38.8 Å². The summed E-state index contributed by atoms with van der Waals surface area (Å²) < 4.78 is 42.5. The summed E-state index contributed by atoms with van der Waals surface area (Å²) >= 11 is -1.85. The molecule has 0 saturated carbocycles. The standard InChI is InChI=1S/H2O5S.O.V/c1-5-6(2,3)4;;/h1H,(H,2,3,4);;/q;;+1/p-1. The molecular weight excluding hydrogens is 179 g/mol. The van der Waals surface area contributed by atoms with Crippen LogP contribution in [0, 0.1) is 0 Å². The SMILES string of the molecule is [O]=[V][O]OS(=O)(=O)O. The van der Waals surface area contributed by atoms with E-state index < -0.39 is 27.0 Å². The molecule has 0 atom stereocenters. The second-order valence-electron chi connectivity index (χ2n) is 0.645. The fourth-order valence-corrected chi connectivity index (χ4v) is 0.629. The second kappa shape index (κ2) is 3.28. The fraction of sp³-hybridized carbons (Fsp3) is 0. The van der Waals surface area contributed by atoms with Crippen LogP contribution in [0.1, 0.15) is 0 Å². The molecule has 0 aromatic carbocycles. The first-order valence-electron chi connectivity index (χ1n) is 1.21. The summed E-state index contributed by atoms with van der Waals surface area (Å²) in [6, 6.07) is 0. The molecule has 0 radical (unpaired) electrons. The van der Waals surface area contributed by atoms with Gasteiger partial charge in [-0.1, -0.05) is 0 Å². The van der Waals surface area contributed by atoms with Crippen molar-refractivity contribution in [1.82, 2.24) is 0 Å². The van der Waals surface area contributed by atoms with E-state index >= 15 is 0 Å². The molecule has 1 N–H and O–H groups in total. The Hall–Kier alpha value is 0.214. The van der Waals surface area contributed by atoms with Crippen LogP contribution in [0.2, 0.25) is 0 Å². The molecule has 0 spiro atoms. The Bertz CT molecular complexity index is 153. The van der Waals surface area contributed by atoms with Crippen LogP contribution in [0.25, 0.3) is 0 Å². The molecule has 0 aliphatic rings. The molecule has 8 heavy (non-hydrogen) atoms. The average molecular weight is 180 g/mol. The summed E-state index contributed by atoms with van der Waals surface area (Å²) in [6.07, 6.45) is 0. The van der Waals surface area contributed by atoms with Crippen LogP contribution in [0.5, 0.6) is 0 Å². The van der Waals surface area contributed by atoms with Crippen LogP contribution in [0.3, 0.4) is 0 Å². The molecule has 0 amide bonds. The quantitative estimate of drug-likeness (QED) is 0.343. The minimum absolute atomic E-state index is 1.85. The van der Waals surface area contributed by atoms with Gasteiger partial charge in [0.1, 0.15) is 0 Å². The minimum atomic E-state index is -4.59. The Kier molecular flexibility index (Phi) is 3.37. The maximum absolute atomic E-state index is 9.47. The van der Waals surface area contributed by atoms with Gasteiger partial charge in [-0.2, -0.15) is 0 Å². The molecule has 0 aromatic rings. The third-order valence-corrected chi connectivity index (χ3v) is 0.760. The first kappa shape index (κ1) is 8.21. The Labute approximate surface area is 52.3 Å². The molecule has 8 heteroatoms. The van der Waals surface area contributed by atoms with E-state index in [4.69, 9.17) is 4.55 Å². The summed E-state index contributed by atoms with van der Waals surface area (Å²) in [4.78, 5) is 0. The van der Waals surface area contributed by atoms with Crippen molar-refractivity contribution < 1.29 is 41.4 Å².